The summed E-state index contributed by atoms with van der Waals surface area (Å²) in [5, 5.41) is 0. The van der Waals surface area contributed by atoms with Crippen molar-refractivity contribution in [2.75, 3.05) is 32.9 Å². The van der Waals surface area contributed by atoms with E-state index < -0.39 is 0 Å². The van der Waals surface area contributed by atoms with Crippen LogP contribution < -0.4 is 14.2 Å². The fraction of sp³-hybridized carbons (Fsp3) is 0.481. The number of carbonyl (C=O) groups excluding carboxylic acids is 2. The van der Waals surface area contributed by atoms with Gasteiger partial charge in [0.15, 0.2) is 17.3 Å². The first-order valence-electron chi connectivity index (χ1n) is 11.9. The predicted molar refractivity (Wildman–Crippen MR) is 126 cm³/mol. The summed E-state index contributed by atoms with van der Waals surface area (Å²) in [4.78, 5) is 27.5. The highest BCUT2D eigenvalue weighted by Crippen LogP contribution is 2.32. The van der Waals surface area contributed by atoms with E-state index in [2.05, 4.69) is 25.1 Å². The predicted octanol–water partition coefficient (Wildman–Crippen LogP) is 4.75. The smallest absolute Gasteiger partial charge is 0.222 e. The van der Waals surface area contributed by atoms with Gasteiger partial charge in [0.1, 0.15) is 19.0 Å². The van der Waals surface area contributed by atoms with Crippen LogP contribution in [0.5, 0.6) is 17.2 Å². The first-order chi connectivity index (χ1) is 16.0. The van der Waals surface area contributed by atoms with Gasteiger partial charge >= 0.3 is 0 Å². The van der Waals surface area contributed by atoms with Crippen LogP contribution in [-0.4, -0.2) is 49.5 Å². The monoisotopic (exact) mass is 451 g/mol. The van der Waals surface area contributed by atoms with Gasteiger partial charge in [-0.1, -0.05) is 12.1 Å². The molecule has 0 radical (unpaired) electrons. The van der Waals surface area contributed by atoms with Crippen molar-refractivity contribution in [1.29, 1.82) is 0 Å². The van der Waals surface area contributed by atoms with Gasteiger partial charge in [0.05, 0.1) is 6.61 Å². The molecule has 0 atom stereocenters. The SMILES string of the molecule is Cc1ccc(C)c(OCCCCC(=O)N2CCC(C(=O)c3ccc4c(c3)OCCO4)CC2)c1. The molecule has 0 aliphatic carbocycles. The minimum atomic E-state index is -0.0532. The lowest BCUT2D eigenvalue weighted by molar-refractivity contribution is -0.132. The summed E-state index contributed by atoms with van der Waals surface area (Å²) >= 11 is 0. The zero-order valence-electron chi connectivity index (χ0n) is 19.6. The van der Waals surface area contributed by atoms with Crippen LogP contribution >= 0.6 is 0 Å². The highest BCUT2D eigenvalue weighted by atomic mass is 16.6. The number of Topliss-reactive ketones (excluding diaryl/α,β-unsaturated/α-hetero) is 1. The molecule has 0 aromatic heterocycles. The van der Waals surface area contributed by atoms with Crippen molar-refractivity contribution in [2.45, 2.75) is 46.0 Å². The van der Waals surface area contributed by atoms with Crippen molar-refractivity contribution in [1.82, 2.24) is 4.90 Å². The lowest BCUT2D eigenvalue weighted by atomic mass is 9.88. The second kappa shape index (κ2) is 10.7. The van der Waals surface area contributed by atoms with Gasteiger partial charge in [-0.05, 0) is 74.9 Å². The Balaban J connectivity index is 1.17. The summed E-state index contributed by atoms with van der Waals surface area (Å²) in [6.07, 6.45) is 3.58. The molecule has 2 aliphatic heterocycles. The molecule has 2 heterocycles. The lowest BCUT2D eigenvalue weighted by Gasteiger charge is -2.31. The number of fused-ring (bicyclic) bond motifs is 1. The highest BCUT2D eigenvalue weighted by molar-refractivity contribution is 5.98. The molecule has 1 saturated heterocycles. The Bertz CT molecular complexity index is 994. The summed E-state index contributed by atoms with van der Waals surface area (Å²) in [6, 6.07) is 11.6. The van der Waals surface area contributed by atoms with Crippen LogP contribution in [0, 0.1) is 19.8 Å². The maximum atomic E-state index is 13.0. The fourth-order valence-corrected chi connectivity index (χ4v) is 4.40. The number of rotatable bonds is 8. The van der Waals surface area contributed by atoms with Gasteiger partial charge in [0, 0.05) is 31.0 Å². The standard InChI is InChI=1S/C27H33NO5/c1-19-6-7-20(2)24(17-19)31-14-4-3-5-26(29)28-12-10-21(11-13-28)27(30)22-8-9-23-25(18-22)33-16-15-32-23/h6-9,17-18,21H,3-5,10-16H2,1-2H3. The van der Waals surface area contributed by atoms with Gasteiger partial charge in [-0.3, -0.25) is 9.59 Å². The van der Waals surface area contributed by atoms with Gasteiger partial charge < -0.3 is 19.1 Å². The van der Waals surface area contributed by atoms with Gasteiger partial charge in [0.2, 0.25) is 5.91 Å². The summed E-state index contributed by atoms with van der Waals surface area (Å²) in [6.45, 7) is 7.02. The van der Waals surface area contributed by atoms with Gasteiger partial charge in [-0.25, -0.2) is 0 Å². The number of nitrogens with zero attached hydrogens (tertiary/aromatic N) is 1. The molecule has 176 valence electrons. The van der Waals surface area contributed by atoms with Crippen LogP contribution in [0.3, 0.4) is 0 Å². The molecule has 6 heteroatoms. The number of benzene rings is 2. The van der Waals surface area contributed by atoms with Crippen LogP contribution in [-0.2, 0) is 4.79 Å². The van der Waals surface area contributed by atoms with Gasteiger partial charge in [-0.15, -0.1) is 0 Å². The number of ketones is 1. The molecule has 1 fully saturated rings. The minimum absolute atomic E-state index is 0.0532. The minimum Gasteiger partial charge on any atom is -0.493 e. The van der Waals surface area contributed by atoms with Crippen molar-refractivity contribution in [3.8, 4) is 17.2 Å². The number of ether oxygens (including phenoxy) is 3. The van der Waals surface area contributed by atoms with E-state index in [0.29, 0.717) is 69.2 Å². The Labute approximate surface area is 195 Å². The number of amides is 1. The Kier molecular flexibility index (Phi) is 7.53. The average molecular weight is 452 g/mol. The van der Waals surface area contributed by atoms with Crippen LogP contribution in [0.1, 0.15) is 53.6 Å². The van der Waals surface area contributed by atoms with Crippen molar-refractivity contribution in [3.05, 3.63) is 53.1 Å². The quantitative estimate of drug-likeness (QED) is 0.428. The zero-order chi connectivity index (χ0) is 23.2. The van der Waals surface area contributed by atoms with Crippen molar-refractivity contribution in [3.63, 3.8) is 0 Å². The number of carbonyl (C=O) groups is 2. The van der Waals surface area contributed by atoms with E-state index in [4.69, 9.17) is 14.2 Å². The highest BCUT2D eigenvalue weighted by Gasteiger charge is 2.28. The van der Waals surface area contributed by atoms with Crippen molar-refractivity contribution < 1.29 is 23.8 Å². The summed E-state index contributed by atoms with van der Waals surface area (Å²) < 4.78 is 17.0. The van der Waals surface area contributed by atoms with Gasteiger partial charge in [0.25, 0.3) is 0 Å². The number of hydrogen-bond donors (Lipinski definition) is 0. The van der Waals surface area contributed by atoms with Crippen LogP contribution in [0.2, 0.25) is 0 Å². The maximum absolute atomic E-state index is 13.0. The van der Waals surface area contributed by atoms with Crippen LogP contribution in [0.25, 0.3) is 0 Å². The molecule has 2 aromatic rings. The summed E-state index contributed by atoms with van der Waals surface area (Å²) in [5.41, 5.74) is 2.97. The number of unbranched alkanes of at least 4 members (excludes halogenated alkanes) is 1. The maximum Gasteiger partial charge on any atom is 0.222 e. The molecule has 2 aliphatic rings. The molecule has 33 heavy (non-hydrogen) atoms. The van der Waals surface area contributed by atoms with E-state index >= 15 is 0 Å². The summed E-state index contributed by atoms with van der Waals surface area (Å²) in [7, 11) is 0. The van der Waals surface area contributed by atoms with E-state index in [9.17, 15) is 9.59 Å². The Morgan fingerprint density at radius 2 is 1.73 bits per heavy atom. The van der Waals surface area contributed by atoms with Crippen molar-refractivity contribution in [2.24, 2.45) is 5.92 Å². The van der Waals surface area contributed by atoms with Crippen LogP contribution in [0.15, 0.2) is 36.4 Å². The molecule has 0 N–H and O–H groups in total. The molecular weight excluding hydrogens is 418 g/mol. The topological polar surface area (TPSA) is 65.1 Å². The molecule has 0 saturated carbocycles. The van der Waals surface area contributed by atoms with E-state index in [1.165, 1.54) is 5.56 Å². The van der Waals surface area contributed by atoms with E-state index in [1.807, 2.05) is 24.0 Å². The second-order valence-electron chi connectivity index (χ2n) is 8.95. The molecular formula is C27H33NO5. The molecule has 1 amide bonds. The molecule has 0 unspecified atom stereocenters. The lowest BCUT2D eigenvalue weighted by Crippen LogP contribution is -2.40. The van der Waals surface area contributed by atoms with Crippen LogP contribution in [0.4, 0.5) is 0 Å². The Morgan fingerprint density at radius 3 is 2.52 bits per heavy atom. The largest absolute Gasteiger partial charge is 0.493 e. The third-order valence-electron chi connectivity index (χ3n) is 6.43. The zero-order valence-corrected chi connectivity index (χ0v) is 19.6. The van der Waals surface area contributed by atoms with Gasteiger partial charge in [-0.2, -0.15) is 0 Å². The molecule has 0 spiro atoms. The second-order valence-corrected chi connectivity index (χ2v) is 8.95. The number of likely N-dealkylation sites (tertiary alicyclic amines) is 1. The van der Waals surface area contributed by atoms with Crippen molar-refractivity contribution >= 4 is 11.7 Å². The summed E-state index contributed by atoms with van der Waals surface area (Å²) in [5.74, 6) is 2.50. The normalized spacial score (nSPS) is 15.9. The number of piperidine rings is 1. The molecule has 6 nitrogen and oxygen atoms in total. The first-order valence-corrected chi connectivity index (χ1v) is 11.9. The third kappa shape index (κ3) is 5.86. The average Bonchev–Trinajstić information content (AvgIpc) is 2.85. The first kappa shape index (κ1) is 23.1. The third-order valence-corrected chi connectivity index (χ3v) is 6.43. The van der Waals surface area contributed by atoms with E-state index in [0.717, 1.165) is 24.2 Å². The van der Waals surface area contributed by atoms with E-state index in [1.54, 1.807) is 6.07 Å². The Morgan fingerprint density at radius 1 is 0.970 bits per heavy atom. The fourth-order valence-electron chi connectivity index (χ4n) is 4.40. The van der Waals surface area contributed by atoms with E-state index in [-0.39, 0.29) is 17.6 Å². The number of aryl methyl sites for hydroxylation is 2. The molecule has 2 aromatic carbocycles. The molecule has 4 rings (SSSR count). The Hall–Kier alpha value is -3.02. The number of hydrogen-bond acceptors (Lipinski definition) is 5. The molecule has 0 bridgehead atoms.